The Bertz CT molecular complexity index is 270. The molecule has 0 aromatic heterocycles. The zero-order valence-electron chi connectivity index (χ0n) is 11.6. The highest BCUT2D eigenvalue weighted by Gasteiger charge is 2.24. The van der Waals surface area contributed by atoms with Crippen LogP contribution in [-0.2, 0) is 4.79 Å². The van der Waals surface area contributed by atoms with Crippen molar-refractivity contribution in [2.24, 2.45) is 11.8 Å². The molecule has 1 saturated carbocycles. The van der Waals surface area contributed by atoms with E-state index in [9.17, 15) is 9.90 Å². The molecule has 1 aliphatic carbocycles. The summed E-state index contributed by atoms with van der Waals surface area (Å²) >= 11 is 0. The van der Waals surface area contributed by atoms with Crippen molar-refractivity contribution in [3.63, 3.8) is 0 Å². The summed E-state index contributed by atoms with van der Waals surface area (Å²) in [6, 6.07) is 0. The van der Waals surface area contributed by atoms with Gasteiger partial charge in [0.25, 0.3) is 0 Å². The molecule has 2 rings (SSSR count). The fourth-order valence-electron chi connectivity index (χ4n) is 3.09. The lowest BCUT2D eigenvalue weighted by Crippen LogP contribution is -2.38. The first-order chi connectivity index (χ1) is 8.75. The van der Waals surface area contributed by atoms with E-state index >= 15 is 0 Å². The molecule has 3 N–H and O–H groups in total. The maximum atomic E-state index is 11.8. The normalized spacial score (nSPS) is 28.5. The van der Waals surface area contributed by atoms with Gasteiger partial charge in [-0.2, -0.15) is 0 Å². The summed E-state index contributed by atoms with van der Waals surface area (Å²) in [6.07, 6.45) is 6.93. The van der Waals surface area contributed by atoms with Crippen LogP contribution in [0.15, 0.2) is 0 Å². The van der Waals surface area contributed by atoms with Crippen molar-refractivity contribution in [2.75, 3.05) is 19.6 Å². The second-order valence-corrected chi connectivity index (χ2v) is 5.81. The molecule has 4 nitrogen and oxygen atoms in total. The molecular formula is C14H27ClN2O2. The Labute approximate surface area is 122 Å². The van der Waals surface area contributed by atoms with Crippen LogP contribution in [0.1, 0.15) is 44.9 Å². The highest BCUT2D eigenvalue weighted by molar-refractivity contribution is 5.85. The predicted molar refractivity (Wildman–Crippen MR) is 78.4 cm³/mol. The van der Waals surface area contributed by atoms with Crippen LogP contribution in [-0.4, -0.2) is 36.8 Å². The molecule has 2 atom stereocenters. The number of halogens is 1. The molecule has 1 amide bonds. The Morgan fingerprint density at radius 1 is 1.16 bits per heavy atom. The zero-order valence-corrected chi connectivity index (χ0v) is 12.4. The number of hydrogen-bond donors (Lipinski definition) is 3. The van der Waals surface area contributed by atoms with Gasteiger partial charge in [0.05, 0.1) is 6.10 Å². The SMILES string of the molecule is Cl.O=C(CC1CCNCC1)NCC1CCCCC1O. The van der Waals surface area contributed by atoms with Crippen LogP contribution in [0.3, 0.4) is 0 Å². The molecular weight excluding hydrogens is 264 g/mol. The van der Waals surface area contributed by atoms with Crippen LogP contribution < -0.4 is 10.6 Å². The molecule has 0 spiro atoms. The summed E-state index contributed by atoms with van der Waals surface area (Å²) in [5, 5.41) is 16.2. The molecule has 2 aliphatic rings. The van der Waals surface area contributed by atoms with Gasteiger partial charge < -0.3 is 15.7 Å². The first-order valence-corrected chi connectivity index (χ1v) is 7.41. The average molecular weight is 291 g/mol. The monoisotopic (exact) mass is 290 g/mol. The highest BCUT2D eigenvalue weighted by Crippen LogP contribution is 2.23. The highest BCUT2D eigenvalue weighted by atomic mass is 35.5. The molecule has 112 valence electrons. The third kappa shape index (κ3) is 5.67. The standard InChI is InChI=1S/C14H26N2O2.ClH/c17-13-4-2-1-3-12(13)10-16-14(18)9-11-5-7-15-8-6-11;/h11-13,15,17H,1-10H2,(H,16,18);1H. The molecule has 5 heteroatoms. The van der Waals surface area contributed by atoms with E-state index in [2.05, 4.69) is 10.6 Å². The zero-order chi connectivity index (χ0) is 12.8. The summed E-state index contributed by atoms with van der Waals surface area (Å²) < 4.78 is 0. The Morgan fingerprint density at radius 3 is 2.53 bits per heavy atom. The lowest BCUT2D eigenvalue weighted by atomic mass is 9.86. The lowest BCUT2D eigenvalue weighted by molar-refractivity contribution is -0.122. The lowest BCUT2D eigenvalue weighted by Gasteiger charge is -2.28. The Balaban J connectivity index is 0.00000180. The Kier molecular flexibility index (Phi) is 7.73. The van der Waals surface area contributed by atoms with Gasteiger partial charge in [0, 0.05) is 18.9 Å². The molecule has 0 bridgehead atoms. The van der Waals surface area contributed by atoms with E-state index in [0.717, 1.165) is 45.2 Å². The predicted octanol–water partition coefficient (Wildman–Crippen LogP) is 1.47. The number of amides is 1. The largest absolute Gasteiger partial charge is 0.393 e. The molecule has 2 unspecified atom stereocenters. The van der Waals surface area contributed by atoms with Gasteiger partial charge in [-0.1, -0.05) is 12.8 Å². The minimum atomic E-state index is -0.210. The summed E-state index contributed by atoms with van der Waals surface area (Å²) in [7, 11) is 0. The van der Waals surface area contributed by atoms with E-state index < -0.39 is 0 Å². The minimum Gasteiger partial charge on any atom is -0.393 e. The van der Waals surface area contributed by atoms with Gasteiger partial charge in [0.2, 0.25) is 5.91 Å². The van der Waals surface area contributed by atoms with Gasteiger partial charge in [-0.15, -0.1) is 12.4 Å². The van der Waals surface area contributed by atoms with E-state index in [4.69, 9.17) is 0 Å². The van der Waals surface area contributed by atoms with Crippen molar-refractivity contribution in [2.45, 2.75) is 51.0 Å². The van der Waals surface area contributed by atoms with E-state index in [0.29, 0.717) is 18.9 Å². The van der Waals surface area contributed by atoms with Gasteiger partial charge >= 0.3 is 0 Å². The van der Waals surface area contributed by atoms with Crippen LogP contribution in [0.4, 0.5) is 0 Å². The number of rotatable bonds is 4. The number of aliphatic hydroxyl groups is 1. The Morgan fingerprint density at radius 2 is 1.84 bits per heavy atom. The van der Waals surface area contributed by atoms with Crippen molar-refractivity contribution < 1.29 is 9.90 Å². The molecule has 0 aromatic rings. The third-order valence-electron chi connectivity index (χ3n) is 4.36. The van der Waals surface area contributed by atoms with Gasteiger partial charge in [0.1, 0.15) is 0 Å². The number of piperidine rings is 1. The van der Waals surface area contributed by atoms with Crippen molar-refractivity contribution in [3.05, 3.63) is 0 Å². The maximum absolute atomic E-state index is 11.8. The van der Waals surface area contributed by atoms with Crippen molar-refractivity contribution in [1.29, 1.82) is 0 Å². The van der Waals surface area contributed by atoms with Gasteiger partial charge in [-0.05, 0) is 44.7 Å². The average Bonchev–Trinajstić information content (AvgIpc) is 2.39. The van der Waals surface area contributed by atoms with Crippen LogP contribution in [0, 0.1) is 11.8 Å². The topological polar surface area (TPSA) is 61.4 Å². The quantitative estimate of drug-likeness (QED) is 0.735. The van der Waals surface area contributed by atoms with Crippen LogP contribution in [0.5, 0.6) is 0 Å². The second kappa shape index (κ2) is 8.77. The maximum Gasteiger partial charge on any atom is 0.220 e. The number of nitrogens with one attached hydrogen (secondary N) is 2. The molecule has 2 fully saturated rings. The van der Waals surface area contributed by atoms with Gasteiger partial charge in [0.15, 0.2) is 0 Å². The van der Waals surface area contributed by atoms with E-state index in [1.54, 1.807) is 0 Å². The fourth-order valence-corrected chi connectivity index (χ4v) is 3.09. The molecule has 0 radical (unpaired) electrons. The molecule has 0 aromatic carbocycles. The number of hydrogen-bond acceptors (Lipinski definition) is 3. The summed E-state index contributed by atoms with van der Waals surface area (Å²) in [6.45, 7) is 2.74. The van der Waals surface area contributed by atoms with Crippen molar-refractivity contribution in [3.8, 4) is 0 Å². The molecule has 1 saturated heterocycles. The first-order valence-electron chi connectivity index (χ1n) is 7.41. The number of carbonyl (C=O) groups excluding carboxylic acids is 1. The molecule has 1 heterocycles. The molecule has 1 aliphatic heterocycles. The van der Waals surface area contributed by atoms with Gasteiger partial charge in [-0.25, -0.2) is 0 Å². The Hall–Kier alpha value is -0.320. The van der Waals surface area contributed by atoms with Crippen molar-refractivity contribution >= 4 is 18.3 Å². The summed E-state index contributed by atoms with van der Waals surface area (Å²) in [5.41, 5.74) is 0. The number of aliphatic hydroxyl groups excluding tert-OH is 1. The van der Waals surface area contributed by atoms with E-state index in [1.165, 1.54) is 6.42 Å². The van der Waals surface area contributed by atoms with Crippen molar-refractivity contribution in [1.82, 2.24) is 10.6 Å². The van der Waals surface area contributed by atoms with Crippen LogP contribution in [0.2, 0.25) is 0 Å². The van der Waals surface area contributed by atoms with Crippen LogP contribution in [0.25, 0.3) is 0 Å². The van der Waals surface area contributed by atoms with Crippen LogP contribution >= 0.6 is 12.4 Å². The van der Waals surface area contributed by atoms with Gasteiger partial charge in [-0.3, -0.25) is 4.79 Å². The first kappa shape index (κ1) is 16.7. The smallest absolute Gasteiger partial charge is 0.220 e. The molecule has 19 heavy (non-hydrogen) atoms. The van der Waals surface area contributed by atoms with E-state index in [1.807, 2.05) is 0 Å². The minimum absolute atomic E-state index is 0. The number of carbonyl (C=O) groups is 1. The summed E-state index contributed by atoms with van der Waals surface area (Å²) in [5.74, 6) is 0.984. The summed E-state index contributed by atoms with van der Waals surface area (Å²) in [4.78, 5) is 11.8. The second-order valence-electron chi connectivity index (χ2n) is 5.81. The third-order valence-corrected chi connectivity index (χ3v) is 4.36. The fraction of sp³-hybridized carbons (Fsp3) is 0.929. The van der Waals surface area contributed by atoms with E-state index in [-0.39, 0.29) is 30.3 Å².